The quantitative estimate of drug-likeness (QED) is 0.272. The molecule has 0 heterocycles. The Balaban J connectivity index is 2.50. The number of hydrogen-bond donors (Lipinski definition) is 2. The zero-order valence-electron chi connectivity index (χ0n) is 25.0. The molecular weight excluding hydrogens is 522 g/mol. The molecule has 0 aliphatic heterocycles. The van der Waals surface area contributed by atoms with Gasteiger partial charge in [-0.2, -0.15) is 0 Å². The largest absolute Gasteiger partial charge is 0.466 e. The molecular formula is C32H43N3O6. The number of aryl methyl sites for hydroxylation is 2. The summed E-state index contributed by atoms with van der Waals surface area (Å²) in [5, 5.41) is 5.51. The van der Waals surface area contributed by atoms with E-state index in [0.717, 1.165) is 16.7 Å². The Hall–Kier alpha value is -4.14. The van der Waals surface area contributed by atoms with E-state index in [1.807, 2.05) is 62.4 Å². The number of alkyl carbamates (subject to hydrolysis) is 1. The van der Waals surface area contributed by atoms with Gasteiger partial charge in [0.1, 0.15) is 17.7 Å². The number of rotatable bonds is 13. The Bertz CT molecular complexity index is 1190. The van der Waals surface area contributed by atoms with Gasteiger partial charge in [0.05, 0.1) is 13.0 Å². The van der Waals surface area contributed by atoms with Crippen LogP contribution in [0.4, 0.5) is 4.79 Å². The number of benzene rings is 2. The molecule has 0 saturated carbocycles. The van der Waals surface area contributed by atoms with Gasteiger partial charge >= 0.3 is 12.1 Å². The summed E-state index contributed by atoms with van der Waals surface area (Å²) in [5.74, 6) is -1.38. The fourth-order valence-corrected chi connectivity index (χ4v) is 4.42. The van der Waals surface area contributed by atoms with Gasteiger partial charge in [-0.05, 0) is 52.7 Å². The van der Waals surface area contributed by atoms with Gasteiger partial charge in [-0.3, -0.25) is 14.4 Å². The molecule has 3 amide bonds. The van der Waals surface area contributed by atoms with E-state index in [9.17, 15) is 19.2 Å². The maximum absolute atomic E-state index is 14.2. The second-order valence-electron chi connectivity index (χ2n) is 10.8. The molecule has 222 valence electrons. The summed E-state index contributed by atoms with van der Waals surface area (Å²) in [6, 6.07) is 12.9. The molecule has 0 saturated heterocycles. The number of carbonyl (C=O) groups excluding carboxylic acids is 4. The normalized spacial score (nSPS) is 12.4. The van der Waals surface area contributed by atoms with E-state index in [1.54, 1.807) is 27.7 Å². The maximum Gasteiger partial charge on any atom is 0.408 e. The van der Waals surface area contributed by atoms with Gasteiger partial charge in [0, 0.05) is 19.5 Å². The molecule has 2 aromatic carbocycles. The fraction of sp³-hybridized carbons (Fsp3) is 0.438. The second kappa shape index (κ2) is 15.6. The number of carbonyl (C=O) groups is 4. The van der Waals surface area contributed by atoms with Gasteiger partial charge in [-0.25, -0.2) is 4.79 Å². The Kier molecular flexibility index (Phi) is 12.6. The SMILES string of the molecule is C=CCN(C(=O)C(Cc1ccccc1)NC(=O)OC(C)(C)C)C(C(=O)NCCC(=O)OCC)c1cc(C)cc(C)c1. The van der Waals surface area contributed by atoms with Crippen LogP contribution in [0.25, 0.3) is 0 Å². The molecule has 2 aromatic rings. The van der Waals surface area contributed by atoms with Gasteiger partial charge in [0.15, 0.2) is 0 Å². The van der Waals surface area contributed by atoms with E-state index in [-0.39, 0.29) is 32.5 Å². The van der Waals surface area contributed by atoms with Crippen molar-refractivity contribution in [2.24, 2.45) is 0 Å². The van der Waals surface area contributed by atoms with Crippen LogP contribution in [-0.4, -0.2) is 60.1 Å². The lowest BCUT2D eigenvalue weighted by Gasteiger charge is -2.34. The first-order chi connectivity index (χ1) is 19.3. The first-order valence-corrected chi connectivity index (χ1v) is 13.8. The van der Waals surface area contributed by atoms with Crippen molar-refractivity contribution >= 4 is 23.9 Å². The molecule has 2 unspecified atom stereocenters. The van der Waals surface area contributed by atoms with Crippen LogP contribution in [-0.2, 0) is 30.3 Å². The standard InChI is InChI=1S/C32H43N3O6/c1-8-17-35(30(38)26(21-24-13-11-10-12-14-24)34-31(39)41-32(5,6)7)28(25-19-22(3)18-23(4)20-25)29(37)33-16-15-27(36)40-9-2/h8,10-14,18-20,26,28H,1,9,15-17,21H2,2-7H3,(H,33,37)(H,34,39). The first kappa shape index (κ1) is 33.1. The Morgan fingerprint density at radius 1 is 1.02 bits per heavy atom. The minimum atomic E-state index is -1.06. The summed E-state index contributed by atoms with van der Waals surface area (Å²) in [6.07, 6.45) is 0.960. The van der Waals surface area contributed by atoms with Gasteiger partial charge in [-0.1, -0.05) is 65.7 Å². The van der Waals surface area contributed by atoms with Crippen molar-refractivity contribution in [3.8, 4) is 0 Å². The van der Waals surface area contributed by atoms with Crippen molar-refractivity contribution in [3.63, 3.8) is 0 Å². The highest BCUT2D eigenvalue weighted by Gasteiger charge is 2.36. The topological polar surface area (TPSA) is 114 Å². The zero-order chi connectivity index (χ0) is 30.6. The number of amides is 3. The first-order valence-electron chi connectivity index (χ1n) is 13.8. The highest BCUT2D eigenvalue weighted by Crippen LogP contribution is 2.25. The van der Waals surface area contributed by atoms with Crippen LogP contribution in [0.15, 0.2) is 61.2 Å². The summed E-state index contributed by atoms with van der Waals surface area (Å²) >= 11 is 0. The average molecular weight is 566 g/mol. The smallest absolute Gasteiger partial charge is 0.408 e. The van der Waals surface area contributed by atoms with Crippen LogP contribution in [0.5, 0.6) is 0 Å². The molecule has 2 atom stereocenters. The maximum atomic E-state index is 14.2. The van der Waals surface area contributed by atoms with Crippen molar-refractivity contribution in [1.29, 1.82) is 0 Å². The highest BCUT2D eigenvalue weighted by atomic mass is 16.6. The van der Waals surface area contributed by atoms with Crippen molar-refractivity contribution in [1.82, 2.24) is 15.5 Å². The summed E-state index contributed by atoms with van der Waals surface area (Å²) in [5.41, 5.74) is 2.49. The van der Waals surface area contributed by atoms with Gasteiger partial charge in [-0.15, -0.1) is 6.58 Å². The molecule has 0 aliphatic carbocycles. The van der Waals surface area contributed by atoms with Crippen molar-refractivity contribution in [2.45, 2.75) is 72.1 Å². The summed E-state index contributed by atoms with van der Waals surface area (Å²) in [7, 11) is 0. The minimum Gasteiger partial charge on any atom is -0.466 e. The Morgan fingerprint density at radius 2 is 1.66 bits per heavy atom. The second-order valence-corrected chi connectivity index (χ2v) is 10.8. The van der Waals surface area contributed by atoms with E-state index < -0.39 is 41.6 Å². The van der Waals surface area contributed by atoms with E-state index in [2.05, 4.69) is 17.2 Å². The van der Waals surface area contributed by atoms with Gasteiger partial charge < -0.3 is 25.0 Å². The lowest BCUT2D eigenvalue weighted by atomic mass is 9.97. The van der Waals surface area contributed by atoms with Crippen LogP contribution < -0.4 is 10.6 Å². The molecule has 0 bridgehead atoms. The lowest BCUT2D eigenvalue weighted by Crippen LogP contribution is -2.54. The monoisotopic (exact) mass is 565 g/mol. The third-order valence-electron chi connectivity index (χ3n) is 5.93. The van der Waals surface area contributed by atoms with Crippen molar-refractivity contribution in [2.75, 3.05) is 19.7 Å². The van der Waals surface area contributed by atoms with Crippen LogP contribution >= 0.6 is 0 Å². The molecule has 2 N–H and O–H groups in total. The van der Waals surface area contributed by atoms with E-state index in [1.165, 1.54) is 11.0 Å². The predicted octanol–water partition coefficient (Wildman–Crippen LogP) is 4.56. The summed E-state index contributed by atoms with van der Waals surface area (Å²) in [4.78, 5) is 54.0. The van der Waals surface area contributed by atoms with Crippen LogP contribution in [0.2, 0.25) is 0 Å². The number of esters is 1. The molecule has 0 aliphatic rings. The lowest BCUT2D eigenvalue weighted by molar-refractivity contribution is -0.144. The fourth-order valence-electron chi connectivity index (χ4n) is 4.42. The minimum absolute atomic E-state index is 0.00855. The molecule has 0 fully saturated rings. The summed E-state index contributed by atoms with van der Waals surface area (Å²) in [6.45, 7) is 14.9. The molecule has 0 spiro atoms. The van der Waals surface area contributed by atoms with Crippen LogP contribution in [0, 0.1) is 13.8 Å². The summed E-state index contributed by atoms with van der Waals surface area (Å²) < 4.78 is 10.4. The van der Waals surface area contributed by atoms with E-state index in [4.69, 9.17) is 9.47 Å². The highest BCUT2D eigenvalue weighted by molar-refractivity contribution is 5.92. The van der Waals surface area contributed by atoms with E-state index in [0.29, 0.717) is 5.56 Å². The molecule has 9 heteroatoms. The number of hydrogen-bond acceptors (Lipinski definition) is 6. The molecule has 2 rings (SSSR count). The number of nitrogens with zero attached hydrogens (tertiary/aromatic N) is 1. The Labute approximate surface area is 243 Å². The zero-order valence-corrected chi connectivity index (χ0v) is 25.0. The molecule has 0 aromatic heterocycles. The van der Waals surface area contributed by atoms with Crippen LogP contribution in [0.1, 0.15) is 62.4 Å². The third-order valence-corrected chi connectivity index (χ3v) is 5.93. The van der Waals surface area contributed by atoms with E-state index >= 15 is 0 Å². The average Bonchev–Trinajstić information content (AvgIpc) is 2.87. The van der Waals surface area contributed by atoms with Crippen LogP contribution in [0.3, 0.4) is 0 Å². The van der Waals surface area contributed by atoms with Gasteiger partial charge in [0.2, 0.25) is 11.8 Å². The van der Waals surface area contributed by atoms with Gasteiger partial charge in [0.25, 0.3) is 0 Å². The third kappa shape index (κ3) is 11.1. The molecule has 0 radical (unpaired) electrons. The molecule has 9 nitrogen and oxygen atoms in total. The van der Waals surface area contributed by atoms with Crippen molar-refractivity contribution < 1.29 is 28.7 Å². The predicted molar refractivity (Wildman–Crippen MR) is 158 cm³/mol. The van der Waals surface area contributed by atoms with Crippen molar-refractivity contribution in [3.05, 3.63) is 83.4 Å². The number of nitrogens with one attached hydrogen (secondary N) is 2. The Morgan fingerprint density at radius 3 is 2.22 bits per heavy atom. The number of ether oxygens (including phenoxy) is 2. The molecule has 41 heavy (non-hydrogen) atoms.